The van der Waals surface area contributed by atoms with Gasteiger partial charge in [-0.15, -0.1) is 0 Å². The molecule has 0 bridgehead atoms. The fourth-order valence-electron chi connectivity index (χ4n) is 3.21. The molecule has 1 atom stereocenters. The monoisotopic (exact) mass is 385 g/mol. The van der Waals surface area contributed by atoms with Crippen LogP contribution in [0, 0.1) is 6.92 Å². The number of Topliss-reactive ketones (excluding diaryl/α,β-unsaturated/α-hetero) is 1. The number of amides is 1. The van der Waals surface area contributed by atoms with Crippen LogP contribution in [0.3, 0.4) is 0 Å². The molecule has 1 saturated heterocycles. The molecule has 5 nitrogen and oxygen atoms in total. The van der Waals surface area contributed by atoms with Crippen molar-refractivity contribution in [2.75, 3.05) is 13.2 Å². The molecule has 0 radical (unpaired) electrons. The minimum absolute atomic E-state index is 0.0455. The van der Waals surface area contributed by atoms with E-state index in [1.165, 1.54) is 4.90 Å². The highest BCUT2D eigenvalue weighted by Crippen LogP contribution is 2.39. The van der Waals surface area contributed by atoms with Gasteiger partial charge >= 0.3 is 0 Å². The predicted octanol–water partition coefficient (Wildman–Crippen LogP) is 3.45. The van der Waals surface area contributed by atoms with Gasteiger partial charge in [0, 0.05) is 23.7 Å². The van der Waals surface area contributed by atoms with E-state index in [1.807, 2.05) is 19.1 Å². The van der Waals surface area contributed by atoms with Crippen LogP contribution in [0.4, 0.5) is 0 Å². The van der Waals surface area contributed by atoms with Gasteiger partial charge in [-0.1, -0.05) is 53.6 Å². The average Bonchev–Trinajstić information content (AvgIpc) is 2.91. The molecular weight excluding hydrogens is 366 g/mol. The van der Waals surface area contributed by atoms with Crippen molar-refractivity contribution in [3.63, 3.8) is 0 Å². The van der Waals surface area contributed by atoms with Crippen LogP contribution in [-0.4, -0.2) is 40.0 Å². The van der Waals surface area contributed by atoms with Crippen LogP contribution in [0.2, 0.25) is 5.02 Å². The summed E-state index contributed by atoms with van der Waals surface area (Å²) in [6.07, 6.45) is 0.335. The van der Waals surface area contributed by atoms with Gasteiger partial charge in [0.05, 0.1) is 11.6 Å². The van der Waals surface area contributed by atoms with E-state index in [1.54, 1.807) is 36.4 Å². The summed E-state index contributed by atoms with van der Waals surface area (Å²) in [5.41, 5.74) is 2.21. The first-order valence-electron chi connectivity index (χ1n) is 8.66. The molecule has 1 amide bonds. The van der Waals surface area contributed by atoms with Gasteiger partial charge in [-0.3, -0.25) is 9.59 Å². The van der Waals surface area contributed by atoms with Crippen LogP contribution in [0.25, 0.3) is 5.76 Å². The van der Waals surface area contributed by atoms with Gasteiger partial charge in [0.1, 0.15) is 5.76 Å². The molecule has 1 aliphatic rings. The molecule has 3 rings (SSSR count). The summed E-state index contributed by atoms with van der Waals surface area (Å²) in [4.78, 5) is 26.7. The Morgan fingerprint density at radius 2 is 1.70 bits per heavy atom. The highest BCUT2D eigenvalue weighted by atomic mass is 35.5. The molecule has 2 aromatic rings. The van der Waals surface area contributed by atoms with E-state index in [9.17, 15) is 14.7 Å². The third-order valence-electron chi connectivity index (χ3n) is 4.61. The van der Waals surface area contributed by atoms with Crippen molar-refractivity contribution >= 4 is 29.1 Å². The molecular formula is C21H20ClNO4. The predicted molar refractivity (Wildman–Crippen MR) is 103 cm³/mol. The van der Waals surface area contributed by atoms with Crippen molar-refractivity contribution in [1.82, 2.24) is 4.90 Å². The van der Waals surface area contributed by atoms with Crippen LogP contribution in [-0.2, 0) is 9.59 Å². The molecule has 140 valence electrons. The summed E-state index contributed by atoms with van der Waals surface area (Å²) in [6, 6.07) is 13.2. The second kappa shape index (κ2) is 7.94. The summed E-state index contributed by atoms with van der Waals surface area (Å²) in [6.45, 7) is 2.03. The maximum absolute atomic E-state index is 12.7. The normalized spacial score (nSPS) is 18.9. The number of likely N-dealkylation sites (tertiary alicyclic amines) is 1. The number of aryl methyl sites for hydroxylation is 1. The lowest BCUT2D eigenvalue weighted by atomic mass is 9.95. The molecule has 1 fully saturated rings. The Morgan fingerprint density at radius 3 is 2.30 bits per heavy atom. The van der Waals surface area contributed by atoms with Gasteiger partial charge in [0.2, 0.25) is 0 Å². The van der Waals surface area contributed by atoms with Crippen molar-refractivity contribution < 1.29 is 19.8 Å². The minimum atomic E-state index is -0.731. The Morgan fingerprint density at radius 1 is 1.07 bits per heavy atom. The molecule has 0 saturated carbocycles. The van der Waals surface area contributed by atoms with Crippen molar-refractivity contribution in [2.45, 2.75) is 19.4 Å². The quantitative estimate of drug-likeness (QED) is 0.469. The SMILES string of the molecule is Cc1ccc(/C(O)=C2\C(=O)C(=O)N(CCCO)[C@@H]2c2ccc(Cl)cc2)cc1. The third-order valence-corrected chi connectivity index (χ3v) is 4.86. The van der Waals surface area contributed by atoms with E-state index in [0.29, 0.717) is 22.6 Å². The molecule has 0 aromatic heterocycles. The maximum Gasteiger partial charge on any atom is 0.295 e. The first-order chi connectivity index (χ1) is 12.9. The number of halogens is 1. The number of carbonyl (C=O) groups is 2. The van der Waals surface area contributed by atoms with E-state index in [4.69, 9.17) is 16.7 Å². The zero-order valence-electron chi connectivity index (χ0n) is 14.9. The number of benzene rings is 2. The molecule has 1 heterocycles. The van der Waals surface area contributed by atoms with Crippen LogP contribution < -0.4 is 0 Å². The lowest BCUT2D eigenvalue weighted by Gasteiger charge is -2.25. The molecule has 27 heavy (non-hydrogen) atoms. The van der Waals surface area contributed by atoms with Crippen molar-refractivity contribution in [3.8, 4) is 0 Å². The highest BCUT2D eigenvalue weighted by Gasteiger charge is 2.45. The zero-order chi connectivity index (χ0) is 19.6. The summed E-state index contributed by atoms with van der Waals surface area (Å²) < 4.78 is 0. The summed E-state index contributed by atoms with van der Waals surface area (Å²) >= 11 is 5.96. The number of aliphatic hydroxyl groups is 2. The van der Waals surface area contributed by atoms with E-state index >= 15 is 0 Å². The molecule has 0 aliphatic carbocycles. The number of hydrogen-bond donors (Lipinski definition) is 2. The van der Waals surface area contributed by atoms with Crippen LogP contribution in [0.15, 0.2) is 54.1 Å². The van der Waals surface area contributed by atoms with Gasteiger partial charge in [-0.05, 0) is 31.0 Å². The molecule has 0 spiro atoms. The van der Waals surface area contributed by atoms with Gasteiger partial charge in [0.15, 0.2) is 0 Å². The van der Waals surface area contributed by atoms with Crippen LogP contribution in [0.1, 0.15) is 29.2 Å². The smallest absolute Gasteiger partial charge is 0.295 e. The molecule has 6 heteroatoms. The van der Waals surface area contributed by atoms with Crippen molar-refractivity contribution in [1.29, 1.82) is 0 Å². The van der Waals surface area contributed by atoms with Crippen LogP contribution >= 0.6 is 11.6 Å². The molecule has 1 aliphatic heterocycles. The lowest BCUT2D eigenvalue weighted by Crippen LogP contribution is -2.31. The molecule has 0 unspecified atom stereocenters. The Kier molecular flexibility index (Phi) is 5.63. The second-order valence-corrected chi connectivity index (χ2v) is 6.92. The summed E-state index contributed by atoms with van der Waals surface area (Å²) in [5, 5.41) is 20.5. The first-order valence-corrected chi connectivity index (χ1v) is 9.03. The third kappa shape index (κ3) is 3.75. The standard InChI is InChI=1S/C21H20ClNO4/c1-13-3-5-15(6-4-13)19(25)17-18(14-7-9-16(22)10-8-14)23(11-2-12-24)21(27)20(17)26/h3-10,18,24-25H,2,11-12H2,1H3/b19-17+/t18-/m1/s1. The highest BCUT2D eigenvalue weighted by molar-refractivity contribution is 6.46. The van der Waals surface area contributed by atoms with E-state index in [-0.39, 0.29) is 24.5 Å². The number of ketones is 1. The van der Waals surface area contributed by atoms with Gasteiger partial charge in [-0.2, -0.15) is 0 Å². The molecule has 2 N–H and O–H groups in total. The molecule has 2 aromatic carbocycles. The maximum atomic E-state index is 12.7. The van der Waals surface area contributed by atoms with Crippen LogP contribution in [0.5, 0.6) is 0 Å². The topological polar surface area (TPSA) is 77.8 Å². The number of nitrogens with zero attached hydrogens (tertiary/aromatic N) is 1. The summed E-state index contributed by atoms with van der Waals surface area (Å²) in [7, 11) is 0. The van der Waals surface area contributed by atoms with Gasteiger partial charge in [-0.25, -0.2) is 0 Å². The minimum Gasteiger partial charge on any atom is -0.507 e. The number of hydrogen-bond acceptors (Lipinski definition) is 4. The largest absolute Gasteiger partial charge is 0.507 e. The average molecular weight is 386 g/mol. The Labute approximate surface area is 162 Å². The zero-order valence-corrected chi connectivity index (χ0v) is 15.6. The van der Waals surface area contributed by atoms with E-state index in [0.717, 1.165) is 5.56 Å². The number of aliphatic hydroxyl groups excluding tert-OH is 2. The van der Waals surface area contributed by atoms with Gasteiger partial charge in [0.25, 0.3) is 11.7 Å². The van der Waals surface area contributed by atoms with Crippen molar-refractivity contribution in [2.24, 2.45) is 0 Å². The van der Waals surface area contributed by atoms with Gasteiger partial charge < -0.3 is 15.1 Å². The first kappa shape index (κ1) is 19.1. The van der Waals surface area contributed by atoms with E-state index < -0.39 is 17.7 Å². The fourth-order valence-corrected chi connectivity index (χ4v) is 3.34. The summed E-state index contributed by atoms with van der Waals surface area (Å²) in [5.74, 6) is -1.62. The fraction of sp³-hybridized carbons (Fsp3) is 0.238. The van der Waals surface area contributed by atoms with E-state index in [2.05, 4.69) is 0 Å². The van der Waals surface area contributed by atoms with Crippen molar-refractivity contribution in [3.05, 3.63) is 75.8 Å². The lowest BCUT2D eigenvalue weighted by molar-refractivity contribution is -0.140. The Bertz CT molecular complexity index is 887. The number of rotatable bonds is 5. The Hall–Kier alpha value is -2.63. The number of carbonyl (C=O) groups excluding carboxylic acids is 2. The Balaban J connectivity index is 2.14. The second-order valence-electron chi connectivity index (χ2n) is 6.49.